The third-order valence-corrected chi connectivity index (χ3v) is 3.29. The van der Waals surface area contributed by atoms with Gasteiger partial charge in [-0.3, -0.25) is 4.40 Å². The van der Waals surface area contributed by atoms with Crippen LogP contribution >= 0.6 is 0 Å². The third-order valence-electron chi connectivity index (χ3n) is 3.29. The molecule has 0 aliphatic heterocycles. The lowest BCUT2D eigenvalue weighted by Gasteiger charge is -2.18. The summed E-state index contributed by atoms with van der Waals surface area (Å²) in [7, 11) is 2.07. The first-order valence-electron chi connectivity index (χ1n) is 6.45. The number of benzene rings is 1. The standard InChI is InChI=1S/C14H17N5/c1-3-8-18(2)12-9-16-14-13(15)17-10-6-4-5-7-11(10)19(12)14/h4-7,9H,3,8H2,1-2H3,(H2,15,17). The van der Waals surface area contributed by atoms with Gasteiger partial charge in [0.2, 0.25) is 0 Å². The number of para-hydroxylation sites is 2. The second-order valence-electron chi connectivity index (χ2n) is 4.68. The summed E-state index contributed by atoms with van der Waals surface area (Å²) >= 11 is 0. The van der Waals surface area contributed by atoms with E-state index in [1.165, 1.54) is 0 Å². The molecule has 0 bridgehead atoms. The van der Waals surface area contributed by atoms with E-state index in [-0.39, 0.29) is 0 Å². The second-order valence-corrected chi connectivity index (χ2v) is 4.68. The molecule has 2 N–H and O–H groups in total. The number of nitrogen functional groups attached to an aromatic ring is 1. The number of imidazole rings is 1. The van der Waals surface area contributed by atoms with Crippen molar-refractivity contribution in [2.24, 2.45) is 0 Å². The fourth-order valence-corrected chi connectivity index (χ4v) is 2.41. The van der Waals surface area contributed by atoms with Crippen LogP contribution < -0.4 is 10.6 Å². The monoisotopic (exact) mass is 255 g/mol. The number of nitrogens with zero attached hydrogens (tertiary/aromatic N) is 4. The molecule has 2 aromatic heterocycles. The van der Waals surface area contributed by atoms with Crippen LogP contribution in [0, 0.1) is 0 Å². The predicted octanol–water partition coefficient (Wildman–Crippen LogP) is 2.31. The molecule has 98 valence electrons. The number of hydrogen-bond donors (Lipinski definition) is 1. The SMILES string of the molecule is CCCN(C)c1cnc2c(N)nc3ccccc3n12. The zero-order valence-corrected chi connectivity index (χ0v) is 11.2. The van der Waals surface area contributed by atoms with E-state index in [4.69, 9.17) is 5.73 Å². The number of nitrogens with two attached hydrogens (primary N) is 1. The van der Waals surface area contributed by atoms with Crippen molar-refractivity contribution >= 4 is 28.3 Å². The molecule has 0 saturated carbocycles. The van der Waals surface area contributed by atoms with Crippen molar-refractivity contribution in [1.29, 1.82) is 0 Å². The summed E-state index contributed by atoms with van der Waals surface area (Å²) in [5.41, 5.74) is 8.63. The molecule has 0 saturated heterocycles. The van der Waals surface area contributed by atoms with E-state index >= 15 is 0 Å². The summed E-state index contributed by atoms with van der Waals surface area (Å²) in [4.78, 5) is 11.0. The van der Waals surface area contributed by atoms with Crippen molar-refractivity contribution in [3.8, 4) is 0 Å². The Bertz CT molecular complexity index is 731. The quantitative estimate of drug-likeness (QED) is 0.780. The van der Waals surface area contributed by atoms with E-state index in [1.807, 2.05) is 30.5 Å². The van der Waals surface area contributed by atoms with Gasteiger partial charge < -0.3 is 10.6 Å². The molecule has 0 aliphatic rings. The molecule has 0 aliphatic carbocycles. The lowest BCUT2D eigenvalue weighted by Crippen LogP contribution is -2.19. The molecular formula is C14H17N5. The van der Waals surface area contributed by atoms with Gasteiger partial charge in [-0.2, -0.15) is 0 Å². The average Bonchev–Trinajstić information content (AvgIpc) is 2.85. The molecule has 3 rings (SSSR count). The molecule has 2 heterocycles. The summed E-state index contributed by atoms with van der Waals surface area (Å²) < 4.78 is 2.08. The Balaban J connectivity index is 2.36. The minimum atomic E-state index is 0.467. The number of hydrogen-bond acceptors (Lipinski definition) is 4. The van der Waals surface area contributed by atoms with Crippen LogP contribution in [0.25, 0.3) is 16.7 Å². The number of fused-ring (bicyclic) bond motifs is 3. The molecule has 19 heavy (non-hydrogen) atoms. The van der Waals surface area contributed by atoms with Crippen molar-refractivity contribution in [2.45, 2.75) is 13.3 Å². The fourth-order valence-electron chi connectivity index (χ4n) is 2.41. The fraction of sp³-hybridized carbons (Fsp3) is 0.286. The van der Waals surface area contributed by atoms with Crippen molar-refractivity contribution in [3.05, 3.63) is 30.5 Å². The molecule has 0 atom stereocenters. The molecule has 0 radical (unpaired) electrons. The van der Waals surface area contributed by atoms with Crippen LogP contribution in [-0.4, -0.2) is 28.0 Å². The largest absolute Gasteiger partial charge is 0.381 e. The van der Waals surface area contributed by atoms with Crippen molar-refractivity contribution < 1.29 is 0 Å². The molecule has 5 heteroatoms. The van der Waals surface area contributed by atoms with Crippen LogP contribution in [0.2, 0.25) is 0 Å². The Morgan fingerprint density at radius 1 is 1.32 bits per heavy atom. The van der Waals surface area contributed by atoms with E-state index in [0.717, 1.165) is 35.5 Å². The van der Waals surface area contributed by atoms with E-state index in [0.29, 0.717) is 5.82 Å². The number of aromatic nitrogens is 3. The maximum absolute atomic E-state index is 6.00. The van der Waals surface area contributed by atoms with Crippen LogP contribution in [0.1, 0.15) is 13.3 Å². The predicted molar refractivity (Wildman–Crippen MR) is 78.5 cm³/mol. The van der Waals surface area contributed by atoms with Crippen LogP contribution in [0.15, 0.2) is 30.5 Å². The van der Waals surface area contributed by atoms with Crippen molar-refractivity contribution in [3.63, 3.8) is 0 Å². The highest BCUT2D eigenvalue weighted by atomic mass is 15.2. The van der Waals surface area contributed by atoms with Gasteiger partial charge >= 0.3 is 0 Å². The molecule has 1 aromatic carbocycles. The Hall–Kier alpha value is -2.30. The first-order valence-corrected chi connectivity index (χ1v) is 6.45. The molecule has 0 spiro atoms. The summed E-state index contributed by atoms with van der Waals surface area (Å²) in [5.74, 6) is 1.51. The highest BCUT2D eigenvalue weighted by Gasteiger charge is 2.13. The molecule has 0 unspecified atom stereocenters. The Kier molecular flexibility index (Phi) is 2.74. The van der Waals surface area contributed by atoms with Gasteiger partial charge in [0.05, 0.1) is 17.2 Å². The van der Waals surface area contributed by atoms with Gasteiger partial charge in [-0.05, 0) is 18.6 Å². The van der Waals surface area contributed by atoms with Crippen LogP contribution in [0.3, 0.4) is 0 Å². The normalized spacial score (nSPS) is 11.3. The van der Waals surface area contributed by atoms with Crippen molar-refractivity contribution in [2.75, 3.05) is 24.2 Å². The summed E-state index contributed by atoms with van der Waals surface area (Å²) in [6.07, 6.45) is 2.94. The third kappa shape index (κ3) is 1.78. The number of anilines is 2. The minimum Gasteiger partial charge on any atom is -0.381 e. The van der Waals surface area contributed by atoms with Gasteiger partial charge in [0, 0.05) is 13.6 Å². The van der Waals surface area contributed by atoms with Gasteiger partial charge in [-0.1, -0.05) is 19.1 Å². The Morgan fingerprint density at radius 3 is 2.89 bits per heavy atom. The molecule has 0 amide bonds. The Labute approximate surface area is 111 Å². The van der Waals surface area contributed by atoms with Crippen LogP contribution in [-0.2, 0) is 0 Å². The van der Waals surface area contributed by atoms with Gasteiger partial charge in [-0.15, -0.1) is 0 Å². The number of rotatable bonds is 3. The average molecular weight is 255 g/mol. The summed E-state index contributed by atoms with van der Waals surface area (Å²) in [6, 6.07) is 7.98. The van der Waals surface area contributed by atoms with Gasteiger partial charge in [-0.25, -0.2) is 9.97 Å². The zero-order chi connectivity index (χ0) is 13.4. The highest BCUT2D eigenvalue weighted by molar-refractivity contribution is 5.84. The lowest BCUT2D eigenvalue weighted by atomic mass is 10.3. The highest BCUT2D eigenvalue weighted by Crippen LogP contribution is 2.25. The van der Waals surface area contributed by atoms with Crippen LogP contribution in [0.5, 0.6) is 0 Å². The molecule has 3 aromatic rings. The lowest BCUT2D eigenvalue weighted by molar-refractivity contribution is 0.835. The molecule has 0 fully saturated rings. The smallest absolute Gasteiger partial charge is 0.182 e. The van der Waals surface area contributed by atoms with Gasteiger partial charge in [0.1, 0.15) is 5.82 Å². The summed E-state index contributed by atoms with van der Waals surface area (Å²) in [5, 5.41) is 0. The Morgan fingerprint density at radius 2 is 2.11 bits per heavy atom. The van der Waals surface area contributed by atoms with Gasteiger partial charge in [0.15, 0.2) is 11.5 Å². The zero-order valence-electron chi connectivity index (χ0n) is 11.2. The second kappa shape index (κ2) is 4.42. The first kappa shape index (κ1) is 11.8. The van der Waals surface area contributed by atoms with E-state index in [2.05, 4.69) is 33.2 Å². The minimum absolute atomic E-state index is 0.467. The summed E-state index contributed by atoms with van der Waals surface area (Å²) in [6.45, 7) is 3.14. The van der Waals surface area contributed by atoms with Gasteiger partial charge in [0.25, 0.3) is 0 Å². The molecular weight excluding hydrogens is 238 g/mol. The van der Waals surface area contributed by atoms with E-state index < -0.39 is 0 Å². The van der Waals surface area contributed by atoms with E-state index in [1.54, 1.807) is 0 Å². The topological polar surface area (TPSA) is 59.5 Å². The maximum Gasteiger partial charge on any atom is 0.182 e. The first-order chi connectivity index (χ1) is 9.22. The molecule has 5 nitrogen and oxygen atoms in total. The van der Waals surface area contributed by atoms with E-state index in [9.17, 15) is 0 Å². The van der Waals surface area contributed by atoms with Crippen molar-refractivity contribution in [1.82, 2.24) is 14.4 Å². The maximum atomic E-state index is 6.00. The van der Waals surface area contributed by atoms with Crippen LogP contribution in [0.4, 0.5) is 11.6 Å².